The van der Waals surface area contributed by atoms with Gasteiger partial charge in [-0.25, -0.2) is 4.79 Å². The van der Waals surface area contributed by atoms with Crippen LogP contribution >= 0.6 is 23.4 Å². The molecule has 0 bridgehead atoms. The molecule has 0 radical (unpaired) electrons. The second kappa shape index (κ2) is 11.8. The van der Waals surface area contributed by atoms with E-state index in [1.807, 2.05) is 7.05 Å². The fraction of sp³-hybridized carbons (Fsp3) is 0.667. The minimum atomic E-state index is -0.283. The van der Waals surface area contributed by atoms with Crippen LogP contribution in [0.15, 0.2) is 24.3 Å². The van der Waals surface area contributed by atoms with E-state index in [2.05, 4.69) is 30.5 Å². The lowest BCUT2D eigenvalue weighted by Crippen LogP contribution is -2.41. The third kappa shape index (κ3) is 7.55. The quantitative estimate of drug-likeness (QED) is 0.508. The summed E-state index contributed by atoms with van der Waals surface area (Å²) in [5.74, 6) is 3.78. The summed E-state index contributed by atoms with van der Waals surface area (Å²) in [5.41, 5.74) is 0. The molecule has 4 nitrogen and oxygen atoms in total. The van der Waals surface area contributed by atoms with Gasteiger partial charge >= 0.3 is 6.09 Å². The summed E-state index contributed by atoms with van der Waals surface area (Å²) in [6.07, 6.45) is 4.23. The number of carbonyl (C=O) groups excluding carboxylic acids is 1. The standard InChI is InChI=1S/C21H33ClN2O2S/c1-4-24(5-2)14-15-27-16-17-6-10-19(11-7-17)23(3)21(25)26-20-12-8-18(22)9-13-20/h8-9,12-13,17,19H,4-7,10-11,14-16H2,1-3H3/t17-,19-. The van der Waals surface area contributed by atoms with Gasteiger partial charge in [0, 0.05) is 30.4 Å². The minimum Gasteiger partial charge on any atom is -0.410 e. The van der Waals surface area contributed by atoms with Crippen LogP contribution in [0.3, 0.4) is 0 Å². The van der Waals surface area contributed by atoms with E-state index in [0.717, 1.165) is 31.8 Å². The smallest absolute Gasteiger partial charge is 0.410 e. The zero-order valence-electron chi connectivity index (χ0n) is 16.8. The Morgan fingerprint density at radius 2 is 1.78 bits per heavy atom. The van der Waals surface area contributed by atoms with Gasteiger partial charge in [-0.05, 0) is 74.7 Å². The Labute approximate surface area is 173 Å². The molecule has 1 aromatic rings. The first-order valence-electron chi connectivity index (χ1n) is 10.0. The zero-order valence-corrected chi connectivity index (χ0v) is 18.4. The third-order valence-corrected chi connectivity index (χ3v) is 6.90. The van der Waals surface area contributed by atoms with Gasteiger partial charge in [-0.1, -0.05) is 25.4 Å². The predicted octanol–water partition coefficient (Wildman–Crippen LogP) is 5.40. The van der Waals surface area contributed by atoms with E-state index >= 15 is 0 Å². The molecule has 0 spiro atoms. The Hall–Kier alpha value is -0.910. The molecule has 1 saturated carbocycles. The molecule has 1 fully saturated rings. The maximum atomic E-state index is 12.4. The number of thioether (sulfide) groups is 1. The summed E-state index contributed by atoms with van der Waals surface area (Å²) in [5, 5.41) is 0.636. The van der Waals surface area contributed by atoms with Crippen LogP contribution in [0.5, 0.6) is 5.75 Å². The van der Waals surface area contributed by atoms with Gasteiger partial charge in [0.05, 0.1) is 0 Å². The first-order chi connectivity index (χ1) is 13.0. The molecule has 1 aliphatic rings. The van der Waals surface area contributed by atoms with Crippen molar-refractivity contribution in [3.63, 3.8) is 0 Å². The van der Waals surface area contributed by atoms with Crippen molar-refractivity contribution in [2.45, 2.75) is 45.6 Å². The Morgan fingerprint density at radius 3 is 2.37 bits per heavy atom. The summed E-state index contributed by atoms with van der Waals surface area (Å²) in [6.45, 7) is 7.92. The molecule has 0 aliphatic heterocycles. The van der Waals surface area contributed by atoms with Gasteiger partial charge in [-0.3, -0.25) is 0 Å². The number of hydrogen-bond donors (Lipinski definition) is 0. The van der Waals surface area contributed by atoms with Crippen LogP contribution in [0.4, 0.5) is 4.79 Å². The SMILES string of the molecule is CCN(CC)CCSC[C@H]1CC[C@H](N(C)C(=O)Oc2ccc(Cl)cc2)CC1. The first kappa shape index (κ1) is 22.4. The molecule has 0 aromatic heterocycles. The number of halogens is 1. The number of nitrogens with zero attached hydrogens (tertiary/aromatic N) is 2. The van der Waals surface area contributed by atoms with Gasteiger partial charge in [0.25, 0.3) is 0 Å². The van der Waals surface area contributed by atoms with Gasteiger partial charge in [0.1, 0.15) is 5.75 Å². The van der Waals surface area contributed by atoms with Gasteiger partial charge in [-0.2, -0.15) is 11.8 Å². The average Bonchev–Trinajstić information content (AvgIpc) is 2.69. The van der Waals surface area contributed by atoms with Crippen molar-refractivity contribution in [1.82, 2.24) is 9.80 Å². The number of ether oxygens (including phenoxy) is 1. The largest absolute Gasteiger partial charge is 0.415 e. The topological polar surface area (TPSA) is 32.8 Å². The summed E-state index contributed by atoms with van der Waals surface area (Å²) < 4.78 is 5.45. The van der Waals surface area contributed by atoms with Gasteiger partial charge in [0.15, 0.2) is 0 Å². The van der Waals surface area contributed by atoms with Crippen molar-refractivity contribution in [2.75, 3.05) is 38.2 Å². The first-order valence-corrected chi connectivity index (χ1v) is 11.6. The van der Waals surface area contributed by atoms with Crippen molar-refractivity contribution in [1.29, 1.82) is 0 Å². The van der Waals surface area contributed by atoms with E-state index < -0.39 is 0 Å². The highest BCUT2D eigenvalue weighted by Gasteiger charge is 2.27. The molecule has 6 heteroatoms. The highest BCUT2D eigenvalue weighted by atomic mass is 35.5. The molecule has 0 N–H and O–H groups in total. The third-order valence-electron chi connectivity index (χ3n) is 5.47. The maximum Gasteiger partial charge on any atom is 0.415 e. The fourth-order valence-corrected chi connectivity index (χ4v) is 4.85. The van der Waals surface area contributed by atoms with E-state index in [1.165, 1.54) is 30.9 Å². The van der Waals surface area contributed by atoms with Crippen LogP contribution in [-0.4, -0.2) is 60.1 Å². The van der Waals surface area contributed by atoms with Crippen LogP contribution in [-0.2, 0) is 0 Å². The second-order valence-corrected chi connectivity index (χ2v) is 8.80. The van der Waals surface area contributed by atoms with Crippen LogP contribution < -0.4 is 4.74 Å². The Bertz CT molecular complexity index is 558. The summed E-state index contributed by atoms with van der Waals surface area (Å²) >= 11 is 7.95. The lowest BCUT2D eigenvalue weighted by Gasteiger charge is -2.34. The molecule has 1 amide bonds. The molecule has 0 atom stereocenters. The lowest BCUT2D eigenvalue weighted by molar-refractivity contribution is 0.127. The van der Waals surface area contributed by atoms with Crippen LogP contribution in [0.25, 0.3) is 0 Å². The number of hydrogen-bond acceptors (Lipinski definition) is 4. The molecule has 0 saturated heterocycles. The highest BCUT2D eigenvalue weighted by molar-refractivity contribution is 7.99. The molecule has 1 aliphatic carbocycles. The fourth-order valence-electron chi connectivity index (χ4n) is 3.51. The monoisotopic (exact) mass is 412 g/mol. The average molecular weight is 413 g/mol. The molecule has 27 heavy (non-hydrogen) atoms. The predicted molar refractivity (Wildman–Crippen MR) is 116 cm³/mol. The summed E-state index contributed by atoms with van der Waals surface area (Å²) in [6, 6.07) is 7.18. The normalized spacial score (nSPS) is 19.9. The number of carbonyl (C=O) groups is 1. The van der Waals surface area contributed by atoms with Crippen LogP contribution in [0.1, 0.15) is 39.5 Å². The van der Waals surface area contributed by atoms with E-state index in [1.54, 1.807) is 29.2 Å². The molecule has 0 unspecified atom stereocenters. The van der Waals surface area contributed by atoms with E-state index in [0.29, 0.717) is 10.8 Å². The molecular formula is C21H33ClN2O2S. The Morgan fingerprint density at radius 1 is 1.15 bits per heavy atom. The zero-order chi connectivity index (χ0) is 19.6. The summed E-state index contributed by atoms with van der Waals surface area (Å²) in [4.78, 5) is 16.6. The Balaban J connectivity index is 1.66. The lowest BCUT2D eigenvalue weighted by atomic mass is 9.87. The van der Waals surface area contributed by atoms with Gasteiger partial charge in [-0.15, -0.1) is 0 Å². The van der Waals surface area contributed by atoms with Crippen molar-refractivity contribution >= 4 is 29.5 Å². The molecule has 2 rings (SSSR count). The molecule has 0 heterocycles. The van der Waals surface area contributed by atoms with E-state index in [-0.39, 0.29) is 12.1 Å². The summed E-state index contributed by atoms with van der Waals surface area (Å²) in [7, 11) is 1.85. The molecule has 1 aromatic carbocycles. The van der Waals surface area contributed by atoms with Crippen molar-refractivity contribution in [2.24, 2.45) is 5.92 Å². The van der Waals surface area contributed by atoms with Gasteiger partial charge in [0.2, 0.25) is 0 Å². The second-order valence-electron chi connectivity index (χ2n) is 7.21. The maximum absolute atomic E-state index is 12.4. The van der Waals surface area contributed by atoms with E-state index in [4.69, 9.17) is 16.3 Å². The number of benzene rings is 1. The van der Waals surface area contributed by atoms with Crippen LogP contribution in [0.2, 0.25) is 5.02 Å². The highest BCUT2D eigenvalue weighted by Crippen LogP contribution is 2.30. The number of amides is 1. The minimum absolute atomic E-state index is 0.279. The molecular weight excluding hydrogens is 380 g/mol. The van der Waals surface area contributed by atoms with E-state index in [9.17, 15) is 4.79 Å². The van der Waals surface area contributed by atoms with Crippen molar-refractivity contribution in [3.05, 3.63) is 29.3 Å². The van der Waals surface area contributed by atoms with Gasteiger partial charge < -0.3 is 14.5 Å². The van der Waals surface area contributed by atoms with Crippen molar-refractivity contribution in [3.8, 4) is 5.75 Å². The Kier molecular flexibility index (Phi) is 9.80. The van der Waals surface area contributed by atoms with Crippen LogP contribution in [0, 0.1) is 5.92 Å². The van der Waals surface area contributed by atoms with Crippen molar-refractivity contribution < 1.29 is 9.53 Å². The number of rotatable bonds is 9. The molecule has 152 valence electrons.